The quantitative estimate of drug-likeness (QED) is 0.418. The smallest absolute Gasteiger partial charge is 0.187 e. The van der Waals surface area contributed by atoms with Crippen LogP contribution in [-0.2, 0) is 0 Å². The van der Waals surface area contributed by atoms with E-state index in [2.05, 4.69) is 83.8 Å². The molecule has 29 heavy (non-hydrogen) atoms. The van der Waals surface area contributed by atoms with Crippen molar-refractivity contribution in [2.75, 3.05) is 23.3 Å². The number of aromatic nitrogens is 3. The molecule has 2 heterocycles. The van der Waals surface area contributed by atoms with Crippen LogP contribution in [0.15, 0.2) is 66.6 Å². The molecule has 0 saturated heterocycles. The summed E-state index contributed by atoms with van der Waals surface area (Å²) in [5.41, 5.74) is 6.71. The van der Waals surface area contributed by atoms with Crippen LogP contribution in [0.25, 0.3) is 16.9 Å². The summed E-state index contributed by atoms with van der Waals surface area (Å²) >= 11 is 1.62. The minimum Gasteiger partial charge on any atom is -0.372 e. The Labute approximate surface area is 175 Å². The second kappa shape index (κ2) is 8.49. The average molecular weight is 404 g/mol. The van der Waals surface area contributed by atoms with E-state index in [1.54, 1.807) is 23.9 Å². The van der Waals surface area contributed by atoms with Crippen molar-refractivity contribution in [3.05, 3.63) is 72.1 Å². The van der Waals surface area contributed by atoms with Crippen LogP contribution in [0.1, 0.15) is 19.4 Å². The largest absolute Gasteiger partial charge is 0.372 e. The summed E-state index contributed by atoms with van der Waals surface area (Å²) in [6, 6.07) is 14.9. The van der Waals surface area contributed by atoms with Gasteiger partial charge in [-0.1, -0.05) is 18.2 Å². The SMILES string of the molecule is CCN(CC)c1ccc(C)c(Nc2nc(-c3ccc(-n4ccnc4)cc3)cs2)c1. The van der Waals surface area contributed by atoms with E-state index in [9.17, 15) is 0 Å². The summed E-state index contributed by atoms with van der Waals surface area (Å²) in [5.74, 6) is 0. The molecule has 0 amide bonds. The number of hydrogen-bond acceptors (Lipinski definition) is 5. The van der Waals surface area contributed by atoms with Crippen molar-refractivity contribution >= 4 is 27.8 Å². The first-order valence-corrected chi connectivity index (χ1v) is 10.7. The van der Waals surface area contributed by atoms with Crippen LogP contribution in [0.4, 0.5) is 16.5 Å². The molecule has 5 nitrogen and oxygen atoms in total. The first-order chi connectivity index (χ1) is 14.2. The molecule has 0 aliphatic carbocycles. The number of aryl methyl sites for hydroxylation is 1. The Hall–Kier alpha value is -3.12. The van der Waals surface area contributed by atoms with Gasteiger partial charge in [-0.15, -0.1) is 11.3 Å². The zero-order valence-electron chi connectivity index (χ0n) is 17.0. The lowest BCUT2D eigenvalue weighted by Crippen LogP contribution is -2.21. The van der Waals surface area contributed by atoms with Gasteiger partial charge in [0.25, 0.3) is 0 Å². The fourth-order valence-electron chi connectivity index (χ4n) is 3.33. The summed E-state index contributed by atoms with van der Waals surface area (Å²) < 4.78 is 1.99. The van der Waals surface area contributed by atoms with Gasteiger partial charge in [-0.25, -0.2) is 9.97 Å². The van der Waals surface area contributed by atoms with Crippen molar-refractivity contribution in [3.8, 4) is 16.9 Å². The molecule has 0 aliphatic heterocycles. The number of rotatable bonds is 7. The molecule has 0 unspecified atom stereocenters. The maximum atomic E-state index is 4.80. The van der Waals surface area contributed by atoms with Crippen molar-refractivity contribution in [2.24, 2.45) is 0 Å². The van der Waals surface area contributed by atoms with Crippen molar-refractivity contribution < 1.29 is 0 Å². The molecule has 0 saturated carbocycles. The first-order valence-electron chi connectivity index (χ1n) is 9.85. The third-order valence-electron chi connectivity index (χ3n) is 5.06. The average Bonchev–Trinajstić information content (AvgIpc) is 3.44. The summed E-state index contributed by atoms with van der Waals surface area (Å²) in [6.45, 7) is 8.48. The Morgan fingerprint density at radius 1 is 1.07 bits per heavy atom. The van der Waals surface area contributed by atoms with Crippen LogP contribution in [0.3, 0.4) is 0 Å². The monoisotopic (exact) mass is 403 g/mol. The summed E-state index contributed by atoms with van der Waals surface area (Å²) in [4.78, 5) is 11.2. The molecule has 148 valence electrons. The fraction of sp³-hybridized carbons (Fsp3) is 0.217. The van der Waals surface area contributed by atoms with Crippen LogP contribution < -0.4 is 10.2 Å². The van der Waals surface area contributed by atoms with Gasteiger partial charge in [0.2, 0.25) is 0 Å². The molecule has 0 bridgehead atoms. The highest BCUT2D eigenvalue weighted by molar-refractivity contribution is 7.14. The molecule has 4 aromatic rings. The number of anilines is 3. The molecular weight excluding hydrogens is 378 g/mol. The number of hydrogen-bond donors (Lipinski definition) is 1. The molecule has 0 spiro atoms. The predicted octanol–water partition coefficient (Wildman–Crippen LogP) is 5.89. The molecule has 0 atom stereocenters. The highest BCUT2D eigenvalue weighted by atomic mass is 32.1. The Kier molecular flexibility index (Phi) is 5.62. The van der Waals surface area contributed by atoms with Gasteiger partial charge in [-0.2, -0.15) is 0 Å². The summed E-state index contributed by atoms with van der Waals surface area (Å²) in [5, 5.41) is 6.50. The molecule has 1 N–H and O–H groups in total. The van der Waals surface area contributed by atoms with Gasteiger partial charge in [0.1, 0.15) is 0 Å². The minimum absolute atomic E-state index is 0.901. The fourth-order valence-corrected chi connectivity index (χ4v) is 4.06. The third-order valence-corrected chi connectivity index (χ3v) is 5.82. The Morgan fingerprint density at radius 2 is 1.86 bits per heavy atom. The van der Waals surface area contributed by atoms with Crippen molar-refractivity contribution in [2.45, 2.75) is 20.8 Å². The minimum atomic E-state index is 0.901. The first kappa shape index (κ1) is 19.2. The van der Waals surface area contributed by atoms with Crippen molar-refractivity contribution in [1.82, 2.24) is 14.5 Å². The van der Waals surface area contributed by atoms with Crippen LogP contribution in [0, 0.1) is 6.92 Å². The van der Waals surface area contributed by atoms with Crippen molar-refractivity contribution in [1.29, 1.82) is 0 Å². The van der Waals surface area contributed by atoms with Crippen LogP contribution >= 0.6 is 11.3 Å². The highest BCUT2D eigenvalue weighted by Gasteiger charge is 2.09. The van der Waals surface area contributed by atoms with E-state index in [1.165, 1.54) is 11.3 Å². The Bertz CT molecular complexity index is 1060. The van der Waals surface area contributed by atoms with E-state index in [0.29, 0.717) is 0 Å². The van der Waals surface area contributed by atoms with Crippen LogP contribution in [0.5, 0.6) is 0 Å². The molecule has 2 aromatic heterocycles. The maximum absolute atomic E-state index is 4.80. The van der Waals surface area contributed by atoms with E-state index >= 15 is 0 Å². The Morgan fingerprint density at radius 3 is 2.55 bits per heavy atom. The van der Waals surface area contributed by atoms with E-state index in [0.717, 1.165) is 40.9 Å². The number of imidazole rings is 1. The van der Waals surface area contributed by atoms with Crippen molar-refractivity contribution in [3.63, 3.8) is 0 Å². The number of thiazole rings is 1. The van der Waals surface area contributed by atoms with E-state index < -0.39 is 0 Å². The van der Waals surface area contributed by atoms with E-state index in [1.807, 2.05) is 10.8 Å². The number of benzene rings is 2. The molecule has 0 fully saturated rings. The lowest BCUT2D eigenvalue weighted by atomic mass is 10.1. The normalized spacial score (nSPS) is 10.9. The number of nitrogens with zero attached hydrogens (tertiary/aromatic N) is 4. The standard InChI is InChI=1S/C23H25N5S/c1-4-27(5-2)20-9-6-17(3)21(14-20)25-23-26-22(15-29-23)18-7-10-19(11-8-18)28-13-12-24-16-28/h6-16H,4-5H2,1-3H3,(H,25,26). The van der Waals surface area contributed by atoms with Gasteiger partial charge in [0.15, 0.2) is 5.13 Å². The lowest BCUT2D eigenvalue weighted by molar-refractivity contribution is 0.866. The zero-order chi connectivity index (χ0) is 20.2. The second-order valence-electron chi connectivity index (χ2n) is 6.85. The van der Waals surface area contributed by atoms with Crippen LogP contribution in [0.2, 0.25) is 0 Å². The van der Waals surface area contributed by atoms with Gasteiger partial charge in [0, 0.05) is 53.5 Å². The Balaban J connectivity index is 1.53. The van der Waals surface area contributed by atoms with E-state index in [4.69, 9.17) is 4.98 Å². The molecule has 2 aromatic carbocycles. The predicted molar refractivity (Wildman–Crippen MR) is 123 cm³/mol. The molecule has 0 radical (unpaired) electrons. The van der Waals surface area contributed by atoms with Gasteiger partial charge < -0.3 is 14.8 Å². The number of nitrogens with one attached hydrogen (secondary N) is 1. The molecule has 0 aliphatic rings. The molecular formula is C23H25N5S. The van der Waals surface area contributed by atoms with Gasteiger partial charge in [-0.05, 0) is 50.6 Å². The third kappa shape index (κ3) is 4.17. The topological polar surface area (TPSA) is 46.0 Å². The molecule has 6 heteroatoms. The highest BCUT2D eigenvalue weighted by Crippen LogP contribution is 2.30. The van der Waals surface area contributed by atoms with E-state index in [-0.39, 0.29) is 0 Å². The summed E-state index contributed by atoms with van der Waals surface area (Å²) in [6.07, 6.45) is 5.52. The van der Waals surface area contributed by atoms with Gasteiger partial charge >= 0.3 is 0 Å². The van der Waals surface area contributed by atoms with Gasteiger partial charge in [-0.3, -0.25) is 0 Å². The zero-order valence-corrected chi connectivity index (χ0v) is 17.8. The maximum Gasteiger partial charge on any atom is 0.187 e. The second-order valence-corrected chi connectivity index (χ2v) is 7.71. The summed E-state index contributed by atoms with van der Waals surface area (Å²) in [7, 11) is 0. The molecule has 4 rings (SSSR count). The van der Waals surface area contributed by atoms with Crippen LogP contribution in [-0.4, -0.2) is 27.6 Å². The lowest BCUT2D eigenvalue weighted by Gasteiger charge is -2.22. The van der Waals surface area contributed by atoms with Gasteiger partial charge in [0.05, 0.1) is 12.0 Å².